The van der Waals surface area contributed by atoms with Gasteiger partial charge in [0.15, 0.2) is 11.6 Å². The summed E-state index contributed by atoms with van der Waals surface area (Å²) < 4.78 is 21.6. The van der Waals surface area contributed by atoms with E-state index in [1.165, 1.54) is 12.4 Å². The summed E-state index contributed by atoms with van der Waals surface area (Å²) in [6, 6.07) is 4.67. The number of nitrogens with zero attached hydrogens (tertiary/aromatic N) is 5. The molecule has 132 valence electrons. The van der Waals surface area contributed by atoms with E-state index in [9.17, 15) is 9.65 Å². The highest BCUT2D eigenvalue weighted by Crippen LogP contribution is 2.38. The van der Waals surface area contributed by atoms with E-state index in [1.807, 2.05) is 24.5 Å². The van der Waals surface area contributed by atoms with Crippen LogP contribution in [-0.2, 0) is 0 Å². The average Bonchev–Trinajstić information content (AvgIpc) is 3.01. The predicted octanol–water partition coefficient (Wildman–Crippen LogP) is 2.55. The maximum absolute atomic E-state index is 14.1. The molecule has 0 fully saturated rings. The molecule has 2 unspecified atom stereocenters. The van der Waals surface area contributed by atoms with Crippen molar-refractivity contribution >= 4 is 22.7 Å². The third-order valence-corrected chi connectivity index (χ3v) is 4.42. The average molecular weight is 353 g/mol. The lowest BCUT2D eigenvalue weighted by Crippen LogP contribution is -2.24. The normalized spacial score (nSPS) is 16.8. The van der Waals surface area contributed by atoms with Crippen LogP contribution in [0.15, 0.2) is 18.5 Å². The lowest BCUT2D eigenvalue weighted by atomic mass is 10.2. The van der Waals surface area contributed by atoms with Crippen LogP contribution in [0.5, 0.6) is 5.75 Å². The Morgan fingerprint density at radius 2 is 2.27 bits per heavy atom. The van der Waals surface area contributed by atoms with Crippen LogP contribution in [0.2, 0.25) is 0 Å². The molecular weight excluding hydrogens is 337 g/mol. The van der Waals surface area contributed by atoms with E-state index in [4.69, 9.17) is 10.5 Å². The van der Waals surface area contributed by atoms with Crippen LogP contribution in [0.1, 0.15) is 37.3 Å². The Balaban J connectivity index is 1.81. The summed E-state index contributed by atoms with van der Waals surface area (Å²) in [4.78, 5) is 12.6. The molecular formula is C17H16FN7O. The van der Waals surface area contributed by atoms with Gasteiger partial charge in [0, 0.05) is 0 Å². The van der Waals surface area contributed by atoms with E-state index in [-0.39, 0.29) is 29.2 Å². The highest BCUT2D eigenvalue weighted by molar-refractivity contribution is 5.84. The Kier molecular flexibility index (Phi) is 3.61. The summed E-state index contributed by atoms with van der Waals surface area (Å²) in [7, 11) is 0. The van der Waals surface area contributed by atoms with Gasteiger partial charge in [0.05, 0.1) is 17.6 Å². The second kappa shape index (κ2) is 5.84. The highest BCUT2D eigenvalue weighted by atomic mass is 19.1. The molecule has 0 saturated carbocycles. The minimum Gasteiger partial charge on any atom is -0.486 e. The maximum Gasteiger partial charge on any atom is 0.180 e. The van der Waals surface area contributed by atoms with Gasteiger partial charge in [-0.15, -0.1) is 0 Å². The van der Waals surface area contributed by atoms with E-state index in [0.717, 1.165) is 0 Å². The number of imidazole rings is 1. The molecule has 9 heteroatoms. The molecule has 3 N–H and O–H groups in total. The van der Waals surface area contributed by atoms with Gasteiger partial charge in [-0.2, -0.15) is 5.26 Å². The number of benzene rings is 1. The predicted molar refractivity (Wildman–Crippen MR) is 93.1 cm³/mol. The molecule has 2 aromatic heterocycles. The third-order valence-electron chi connectivity index (χ3n) is 4.42. The van der Waals surface area contributed by atoms with Crippen molar-refractivity contribution in [3.05, 3.63) is 35.7 Å². The number of nitrogens with two attached hydrogens (primary N) is 1. The van der Waals surface area contributed by atoms with Crippen LogP contribution in [0.25, 0.3) is 11.0 Å². The zero-order chi connectivity index (χ0) is 18.4. The molecule has 2 atom stereocenters. The van der Waals surface area contributed by atoms with Crippen molar-refractivity contribution < 1.29 is 9.13 Å². The Bertz CT molecular complexity index is 1060. The van der Waals surface area contributed by atoms with Crippen LogP contribution >= 0.6 is 0 Å². The van der Waals surface area contributed by atoms with Crippen LogP contribution in [0, 0.1) is 17.1 Å². The van der Waals surface area contributed by atoms with E-state index in [0.29, 0.717) is 29.3 Å². The van der Waals surface area contributed by atoms with E-state index in [2.05, 4.69) is 20.3 Å². The van der Waals surface area contributed by atoms with Crippen molar-refractivity contribution in [2.75, 3.05) is 17.7 Å². The van der Waals surface area contributed by atoms with Gasteiger partial charge >= 0.3 is 0 Å². The monoisotopic (exact) mass is 353 g/mol. The number of halogens is 1. The summed E-state index contributed by atoms with van der Waals surface area (Å²) >= 11 is 0. The van der Waals surface area contributed by atoms with Crippen molar-refractivity contribution in [1.82, 2.24) is 19.5 Å². The summed E-state index contributed by atoms with van der Waals surface area (Å²) in [5.41, 5.74) is 7.20. The number of aromatic nitrogens is 4. The minimum atomic E-state index is -0.409. The molecule has 0 aliphatic carbocycles. The van der Waals surface area contributed by atoms with Crippen molar-refractivity contribution in [3.63, 3.8) is 0 Å². The minimum absolute atomic E-state index is 0.0144. The number of nitrogens with one attached hydrogen (secondary N) is 1. The largest absolute Gasteiger partial charge is 0.486 e. The second-order valence-electron chi connectivity index (χ2n) is 6.20. The second-order valence-corrected chi connectivity index (χ2v) is 6.20. The number of ether oxygens (including phenoxy) is 1. The van der Waals surface area contributed by atoms with Gasteiger partial charge in [-0.05, 0) is 26.0 Å². The van der Waals surface area contributed by atoms with Gasteiger partial charge in [0.25, 0.3) is 0 Å². The Labute approximate surface area is 148 Å². The van der Waals surface area contributed by atoms with Gasteiger partial charge < -0.3 is 20.4 Å². The summed E-state index contributed by atoms with van der Waals surface area (Å²) in [6.45, 7) is 4.22. The molecule has 0 spiro atoms. The Morgan fingerprint density at radius 1 is 1.46 bits per heavy atom. The standard InChI is InChI=1S/C17H16FN7O/c1-8-6-26-14-11(18)3-4-12-13(14)25(8)17(24-12)9(2)23-16-10(5-19)15(20)21-7-22-16/h3-4,7-9H,6H2,1-2H3,(H3,20,21,22,23). The van der Waals surface area contributed by atoms with Gasteiger partial charge in [0.1, 0.15) is 47.5 Å². The number of hydrogen-bond donors (Lipinski definition) is 2. The number of hydrogen-bond acceptors (Lipinski definition) is 7. The number of nitriles is 1. The molecule has 1 aliphatic heterocycles. The van der Waals surface area contributed by atoms with Gasteiger partial charge in [-0.3, -0.25) is 0 Å². The first-order valence-electron chi connectivity index (χ1n) is 8.11. The molecule has 3 aromatic rings. The van der Waals surface area contributed by atoms with E-state index in [1.54, 1.807) is 6.07 Å². The first kappa shape index (κ1) is 16.1. The highest BCUT2D eigenvalue weighted by Gasteiger charge is 2.29. The molecule has 4 rings (SSSR count). The molecule has 1 aromatic carbocycles. The lowest BCUT2D eigenvalue weighted by Gasteiger charge is -2.26. The van der Waals surface area contributed by atoms with Gasteiger partial charge in [-0.25, -0.2) is 19.3 Å². The van der Waals surface area contributed by atoms with Crippen LogP contribution in [0.4, 0.5) is 16.0 Å². The fraction of sp³-hybridized carbons (Fsp3) is 0.294. The van der Waals surface area contributed by atoms with Crippen molar-refractivity contribution in [2.24, 2.45) is 0 Å². The Hall–Kier alpha value is -3.41. The SMILES string of the molecule is CC(Nc1ncnc(N)c1C#N)c1nc2ccc(F)c3c2n1C(C)CO3. The molecule has 8 nitrogen and oxygen atoms in total. The number of nitrogen functional groups attached to an aromatic ring is 1. The van der Waals surface area contributed by atoms with Gasteiger partial charge in [-0.1, -0.05) is 0 Å². The fourth-order valence-electron chi connectivity index (χ4n) is 3.21. The molecule has 0 radical (unpaired) electrons. The fourth-order valence-corrected chi connectivity index (χ4v) is 3.21. The summed E-state index contributed by atoms with van der Waals surface area (Å²) in [5, 5.41) is 12.4. The van der Waals surface area contributed by atoms with Crippen LogP contribution in [-0.4, -0.2) is 26.1 Å². The molecule has 3 heterocycles. The summed E-state index contributed by atoms with van der Waals surface area (Å²) in [6.07, 6.45) is 1.29. The van der Waals surface area contributed by atoms with E-state index >= 15 is 0 Å². The number of anilines is 2. The van der Waals surface area contributed by atoms with E-state index < -0.39 is 5.82 Å². The topological polar surface area (TPSA) is 115 Å². The summed E-state index contributed by atoms with van der Waals surface area (Å²) in [5.74, 6) is 0.948. The van der Waals surface area contributed by atoms with Gasteiger partial charge in [0.2, 0.25) is 0 Å². The first-order chi connectivity index (χ1) is 12.5. The molecule has 0 saturated heterocycles. The molecule has 0 bridgehead atoms. The molecule has 26 heavy (non-hydrogen) atoms. The third kappa shape index (κ3) is 2.30. The zero-order valence-electron chi connectivity index (χ0n) is 14.2. The van der Waals surface area contributed by atoms with Crippen molar-refractivity contribution in [1.29, 1.82) is 5.26 Å². The Morgan fingerprint density at radius 3 is 3.04 bits per heavy atom. The number of rotatable bonds is 3. The van der Waals surface area contributed by atoms with Crippen molar-refractivity contribution in [2.45, 2.75) is 25.9 Å². The maximum atomic E-state index is 14.1. The molecule has 0 amide bonds. The van der Waals surface area contributed by atoms with Crippen LogP contribution in [0.3, 0.4) is 0 Å². The zero-order valence-corrected chi connectivity index (χ0v) is 14.2. The smallest absolute Gasteiger partial charge is 0.180 e. The van der Waals surface area contributed by atoms with Crippen LogP contribution < -0.4 is 15.8 Å². The lowest BCUT2D eigenvalue weighted by molar-refractivity contribution is 0.234. The molecule has 1 aliphatic rings. The first-order valence-corrected chi connectivity index (χ1v) is 8.11. The quantitative estimate of drug-likeness (QED) is 0.743. The van der Waals surface area contributed by atoms with Crippen molar-refractivity contribution in [3.8, 4) is 11.8 Å².